The molecule has 2 rings (SSSR count). The lowest BCUT2D eigenvalue weighted by molar-refractivity contribution is 0.0690. The van der Waals surface area contributed by atoms with E-state index in [1.54, 1.807) is 50.2 Å². The molecule has 7 nitrogen and oxygen atoms in total. The summed E-state index contributed by atoms with van der Waals surface area (Å²) >= 11 is 0. The second-order valence-corrected chi connectivity index (χ2v) is 7.68. The van der Waals surface area contributed by atoms with E-state index in [1.165, 1.54) is 10.4 Å². The van der Waals surface area contributed by atoms with Crippen LogP contribution in [0.5, 0.6) is 0 Å². The number of carboxylic acids is 1. The van der Waals surface area contributed by atoms with Crippen molar-refractivity contribution < 1.29 is 18.3 Å². The molecule has 0 saturated carbocycles. The molecular weight excluding hydrogens is 354 g/mol. The molecule has 1 aromatic heterocycles. The number of rotatable bonds is 8. The fourth-order valence-electron chi connectivity index (χ4n) is 2.58. The number of benzene rings is 1. The Morgan fingerprint density at radius 1 is 1.15 bits per heavy atom. The van der Waals surface area contributed by atoms with Crippen molar-refractivity contribution in [2.24, 2.45) is 0 Å². The first kappa shape index (κ1) is 19.9. The third-order valence-corrected chi connectivity index (χ3v) is 6.12. The van der Waals surface area contributed by atoms with Gasteiger partial charge in [0.25, 0.3) is 0 Å². The Morgan fingerprint density at radius 3 is 2.31 bits per heavy atom. The zero-order chi connectivity index (χ0) is 19.3. The highest BCUT2D eigenvalue weighted by Gasteiger charge is 2.21. The number of hydrogen-bond acceptors (Lipinski definition) is 5. The molecule has 1 unspecified atom stereocenters. The fourth-order valence-corrected chi connectivity index (χ4v) is 4.04. The lowest BCUT2D eigenvalue weighted by Crippen LogP contribution is -2.30. The van der Waals surface area contributed by atoms with Gasteiger partial charge in [-0.15, -0.1) is 0 Å². The van der Waals surface area contributed by atoms with Crippen LogP contribution < -0.4 is 5.32 Å². The molecule has 2 N–H and O–H groups in total. The Bertz CT molecular complexity index is 862. The highest BCUT2D eigenvalue weighted by molar-refractivity contribution is 7.89. The van der Waals surface area contributed by atoms with Crippen LogP contribution in [-0.2, 0) is 10.0 Å². The van der Waals surface area contributed by atoms with E-state index < -0.39 is 16.0 Å². The van der Waals surface area contributed by atoms with E-state index in [0.717, 1.165) is 5.56 Å². The average Bonchev–Trinajstić information content (AvgIpc) is 2.62. The second-order valence-electron chi connectivity index (χ2n) is 5.74. The Morgan fingerprint density at radius 2 is 1.77 bits per heavy atom. The van der Waals surface area contributed by atoms with Gasteiger partial charge in [0.2, 0.25) is 10.0 Å². The Hall–Kier alpha value is -2.45. The van der Waals surface area contributed by atoms with Crippen LogP contribution in [0, 0.1) is 0 Å². The number of carbonyl (C=O) groups is 1. The number of nitrogens with one attached hydrogen (secondary N) is 1. The maximum atomic E-state index is 12.5. The second kappa shape index (κ2) is 8.29. The average molecular weight is 377 g/mol. The van der Waals surface area contributed by atoms with Crippen molar-refractivity contribution in [3.63, 3.8) is 0 Å². The predicted molar refractivity (Wildman–Crippen MR) is 99.8 cm³/mol. The zero-order valence-corrected chi connectivity index (χ0v) is 15.8. The smallest absolute Gasteiger partial charge is 0.354 e. The van der Waals surface area contributed by atoms with Gasteiger partial charge in [-0.25, -0.2) is 18.2 Å². The van der Waals surface area contributed by atoms with Gasteiger partial charge in [0.1, 0.15) is 5.82 Å². The number of hydrogen-bond donors (Lipinski definition) is 2. The Labute approximate surface area is 153 Å². The molecule has 1 heterocycles. The summed E-state index contributed by atoms with van der Waals surface area (Å²) in [7, 11) is -3.48. The molecule has 26 heavy (non-hydrogen) atoms. The molecule has 140 valence electrons. The van der Waals surface area contributed by atoms with Crippen molar-refractivity contribution in [3.8, 4) is 0 Å². The molecule has 0 aliphatic carbocycles. The SMILES string of the molecule is CCN(CC)S(=O)(=O)c1ccc(C(C)Nc2cccc(C(=O)O)n2)cc1. The summed E-state index contributed by atoms with van der Waals surface area (Å²) in [5.74, 6) is -0.649. The third kappa shape index (κ3) is 4.39. The first-order valence-electron chi connectivity index (χ1n) is 8.36. The molecule has 1 aromatic carbocycles. The minimum absolute atomic E-state index is 0.0390. The number of carboxylic acid groups (broad SMARTS) is 1. The summed E-state index contributed by atoms with van der Waals surface area (Å²) in [6.45, 7) is 6.34. The topological polar surface area (TPSA) is 99.6 Å². The summed E-state index contributed by atoms with van der Waals surface area (Å²) < 4.78 is 26.4. The number of pyridine rings is 1. The van der Waals surface area contributed by atoms with Crippen LogP contribution in [0.1, 0.15) is 42.9 Å². The third-order valence-electron chi connectivity index (χ3n) is 4.06. The molecule has 1 atom stereocenters. The lowest BCUT2D eigenvalue weighted by Gasteiger charge is -2.19. The molecule has 0 fully saturated rings. The van der Waals surface area contributed by atoms with Crippen LogP contribution in [0.4, 0.5) is 5.82 Å². The highest BCUT2D eigenvalue weighted by Crippen LogP contribution is 2.22. The molecule has 0 radical (unpaired) electrons. The first-order chi connectivity index (χ1) is 12.3. The van der Waals surface area contributed by atoms with Gasteiger partial charge in [-0.1, -0.05) is 32.0 Å². The quantitative estimate of drug-likeness (QED) is 0.734. The van der Waals surface area contributed by atoms with Crippen LogP contribution in [-0.4, -0.2) is 41.9 Å². The van der Waals surface area contributed by atoms with Crippen molar-refractivity contribution in [2.75, 3.05) is 18.4 Å². The molecule has 0 amide bonds. The van der Waals surface area contributed by atoms with Crippen molar-refractivity contribution in [2.45, 2.75) is 31.7 Å². The maximum Gasteiger partial charge on any atom is 0.354 e. The molecule has 0 bridgehead atoms. The van der Waals surface area contributed by atoms with Crippen LogP contribution in [0.3, 0.4) is 0 Å². The number of aromatic carboxylic acids is 1. The van der Waals surface area contributed by atoms with Crippen molar-refractivity contribution >= 4 is 21.8 Å². The van der Waals surface area contributed by atoms with E-state index in [4.69, 9.17) is 5.11 Å². The summed E-state index contributed by atoms with van der Waals surface area (Å²) in [5, 5.41) is 12.1. The summed E-state index contributed by atoms with van der Waals surface area (Å²) in [5.41, 5.74) is 0.828. The summed E-state index contributed by atoms with van der Waals surface area (Å²) in [6.07, 6.45) is 0. The van der Waals surface area contributed by atoms with Gasteiger partial charge in [-0.05, 0) is 36.8 Å². The van der Waals surface area contributed by atoms with Gasteiger partial charge in [-0.3, -0.25) is 0 Å². The van der Waals surface area contributed by atoms with Gasteiger partial charge in [0, 0.05) is 19.1 Å². The number of aromatic nitrogens is 1. The fraction of sp³-hybridized carbons (Fsp3) is 0.333. The van der Waals surface area contributed by atoms with Crippen LogP contribution >= 0.6 is 0 Å². The summed E-state index contributed by atoms with van der Waals surface area (Å²) in [4.78, 5) is 15.3. The molecule has 0 aliphatic heterocycles. The van der Waals surface area contributed by atoms with Crippen molar-refractivity contribution in [3.05, 3.63) is 53.7 Å². The molecule has 8 heteroatoms. The summed E-state index contributed by atoms with van der Waals surface area (Å²) in [6, 6.07) is 11.2. The van der Waals surface area contributed by atoms with Gasteiger partial charge in [0.05, 0.1) is 4.90 Å². The van der Waals surface area contributed by atoms with Gasteiger partial charge in [-0.2, -0.15) is 4.31 Å². The van der Waals surface area contributed by atoms with Gasteiger partial charge in [0.15, 0.2) is 5.69 Å². The highest BCUT2D eigenvalue weighted by atomic mass is 32.2. The van der Waals surface area contributed by atoms with Crippen LogP contribution in [0.15, 0.2) is 47.4 Å². The molecule has 0 saturated heterocycles. The molecule has 2 aromatic rings. The van der Waals surface area contributed by atoms with E-state index in [9.17, 15) is 13.2 Å². The van der Waals surface area contributed by atoms with Crippen molar-refractivity contribution in [1.29, 1.82) is 0 Å². The monoisotopic (exact) mass is 377 g/mol. The van der Waals surface area contributed by atoms with E-state index in [2.05, 4.69) is 10.3 Å². The Kier molecular flexibility index (Phi) is 6.33. The van der Waals surface area contributed by atoms with E-state index >= 15 is 0 Å². The number of nitrogens with zero attached hydrogens (tertiary/aromatic N) is 2. The number of sulfonamides is 1. The van der Waals surface area contributed by atoms with Crippen LogP contribution in [0.2, 0.25) is 0 Å². The zero-order valence-electron chi connectivity index (χ0n) is 15.0. The molecule has 0 spiro atoms. The number of anilines is 1. The predicted octanol–water partition coefficient (Wildman–Crippen LogP) is 2.98. The standard InChI is InChI=1S/C18H23N3O4S/c1-4-21(5-2)26(24,25)15-11-9-14(10-12-15)13(3)19-17-8-6-7-16(20-17)18(22)23/h6-13H,4-5H2,1-3H3,(H,19,20)(H,22,23). The Balaban J connectivity index is 2.17. The van der Waals surface area contributed by atoms with Crippen molar-refractivity contribution in [1.82, 2.24) is 9.29 Å². The van der Waals surface area contributed by atoms with Gasteiger partial charge < -0.3 is 10.4 Å². The van der Waals surface area contributed by atoms with Gasteiger partial charge >= 0.3 is 5.97 Å². The maximum absolute atomic E-state index is 12.5. The minimum atomic E-state index is -3.48. The van der Waals surface area contributed by atoms with E-state index in [-0.39, 0.29) is 16.6 Å². The molecular formula is C18H23N3O4S. The van der Waals surface area contributed by atoms with Crippen LogP contribution in [0.25, 0.3) is 0 Å². The largest absolute Gasteiger partial charge is 0.477 e. The minimum Gasteiger partial charge on any atom is -0.477 e. The van der Waals surface area contributed by atoms with E-state index in [0.29, 0.717) is 18.9 Å². The van der Waals surface area contributed by atoms with E-state index in [1.807, 2.05) is 6.92 Å². The first-order valence-corrected chi connectivity index (χ1v) is 9.80. The molecule has 0 aliphatic rings. The lowest BCUT2D eigenvalue weighted by atomic mass is 10.1. The normalized spacial score (nSPS) is 12.8.